The van der Waals surface area contributed by atoms with E-state index in [1.807, 2.05) is 18.5 Å². The van der Waals surface area contributed by atoms with E-state index in [2.05, 4.69) is 21.4 Å². The SMILES string of the molecule is Cc1c(/C=N\n2c([C@@H]3CCCO3)n[nH]c2=S)cc(C#N)n1C. The molecule has 3 rings (SSSR count). The quantitative estimate of drug-likeness (QED) is 0.695. The van der Waals surface area contributed by atoms with Crippen LogP contribution < -0.4 is 0 Å². The van der Waals surface area contributed by atoms with Crippen LogP contribution in [0.3, 0.4) is 0 Å². The summed E-state index contributed by atoms with van der Waals surface area (Å²) < 4.78 is 9.48. The fourth-order valence-corrected chi connectivity index (χ4v) is 2.67. The number of aromatic nitrogens is 4. The lowest BCUT2D eigenvalue weighted by molar-refractivity contribution is 0.102. The Balaban J connectivity index is 1.95. The van der Waals surface area contributed by atoms with Crippen molar-refractivity contribution in [3.8, 4) is 6.07 Å². The molecule has 0 aromatic carbocycles. The van der Waals surface area contributed by atoms with E-state index in [9.17, 15) is 0 Å². The monoisotopic (exact) mass is 316 g/mol. The maximum absolute atomic E-state index is 9.07. The maximum atomic E-state index is 9.07. The summed E-state index contributed by atoms with van der Waals surface area (Å²) in [6.45, 7) is 2.68. The third kappa shape index (κ3) is 2.49. The van der Waals surface area contributed by atoms with E-state index in [0.29, 0.717) is 16.3 Å². The summed E-state index contributed by atoms with van der Waals surface area (Å²) in [4.78, 5) is 0. The normalized spacial score (nSPS) is 18.1. The molecule has 1 N–H and O–H groups in total. The van der Waals surface area contributed by atoms with E-state index in [1.54, 1.807) is 17.0 Å². The third-order valence-corrected chi connectivity index (χ3v) is 4.16. The van der Waals surface area contributed by atoms with E-state index in [-0.39, 0.29) is 6.10 Å². The first-order chi connectivity index (χ1) is 10.6. The van der Waals surface area contributed by atoms with Crippen LogP contribution in [0.15, 0.2) is 11.2 Å². The topological polar surface area (TPSA) is 83.9 Å². The standard InChI is InChI=1S/C14H16N6OS/c1-9-10(6-11(7-15)19(9)2)8-16-20-13(17-18-14(20)22)12-4-3-5-21-12/h6,8,12H,3-5H2,1-2H3,(H,18,22)/b16-8-/t12-/m0/s1. The second-order valence-electron chi connectivity index (χ2n) is 5.19. The highest BCUT2D eigenvalue weighted by atomic mass is 32.1. The van der Waals surface area contributed by atoms with Gasteiger partial charge in [0, 0.05) is 24.9 Å². The first-order valence-electron chi connectivity index (χ1n) is 7.01. The molecule has 8 heteroatoms. The van der Waals surface area contributed by atoms with Crippen molar-refractivity contribution in [2.75, 3.05) is 6.61 Å². The Morgan fingerprint density at radius 3 is 3.09 bits per heavy atom. The van der Waals surface area contributed by atoms with Crippen molar-refractivity contribution in [3.05, 3.63) is 33.6 Å². The molecular formula is C14H16N6OS. The molecule has 3 heterocycles. The molecule has 114 valence electrons. The van der Waals surface area contributed by atoms with Crippen molar-refractivity contribution in [1.29, 1.82) is 5.26 Å². The third-order valence-electron chi connectivity index (χ3n) is 3.89. The molecule has 2 aromatic heterocycles. The molecule has 22 heavy (non-hydrogen) atoms. The number of hydrogen-bond acceptors (Lipinski definition) is 5. The molecular weight excluding hydrogens is 300 g/mol. The first kappa shape index (κ1) is 14.7. The second-order valence-corrected chi connectivity index (χ2v) is 5.57. The largest absolute Gasteiger partial charge is 0.370 e. The van der Waals surface area contributed by atoms with Crippen molar-refractivity contribution >= 4 is 18.4 Å². The number of nitriles is 1. The fourth-order valence-electron chi connectivity index (χ4n) is 2.49. The molecule has 2 aromatic rings. The zero-order valence-corrected chi connectivity index (χ0v) is 13.2. The van der Waals surface area contributed by atoms with Crippen LogP contribution in [0.4, 0.5) is 0 Å². The van der Waals surface area contributed by atoms with Gasteiger partial charge in [-0.25, -0.2) is 0 Å². The van der Waals surface area contributed by atoms with Gasteiger partial charge in [0.05, 0.1) is 6.21 Å². The lowest BCUT2D eigenvalue weighted by Gasteiger charge is -2.07. The Morgan fingerprint density at radius 2 is 2.45 bits per heavy atom. The van der Waals surface area contributed by atoms with Gasteiger partial charge in [0.2, 0.25) is 4.77 Å². The molecule has 0 amide bonds. The number of aromatic amines is 1. The van der Waals surface area contributed by atoms with Crippen molar-refractivity contribution in [2.24, 2.45) is 12.1 Å². The summed E-state index contributed by atoms with van der Waals surface area (Å²) in [6, 6.07) is 3.95. The highest BCUT2D eigenvalue weighted by molar-refractivity contribution is 7.71. The van der Waals surface area contributed by atoms with Gasteiger partial charge in [0.1, 0.15) is 17.9 Å². The van der Waals surface area contributed by atoms with Crippen molar-refractivity contribution in [1.82, 2.24) is 19.4 Å². The van der Waals surface area contributed by atoms with Gasteiger partial charge >= 0.3 is 0 Å². The lowest BCUT2D eigenvalue weighted by Crippen LogP contribution is -2.05. The van der Waals surface area contributed by atoms with E-state index in [1.165, 1.54) is 0 Å². The minimum Gasteiger partial charge on any atom is -0.370 e. The Hall–Kier alpha value is -2.24. The molecule has 1 aliphatic heterocycles. The Labute approximate surface area is 132 Å². The maximum Gasteiger partial charge on any atom is 0.216 e. The first-order valence-corrected chi connectivity index (χ1v) is 7.42. The van der Waals surface area contributed by atoms with Crippen LogP contribution in [0.5, 0.6) is 0 Å². The highest BCUT2D eigenvalue weighted by Gasteiger charge is 2.23. The molecule has 1 atom stereocenters. The minimum absolute atomic E-state index is 0.0726. The average Bonchev–Trinajstić information content (AvgIpc) is 3.21. The molecule has 0 aliphatic carbocycles. The van der Waals surface area contributed by atoms with Crippen LogP contribution in [0.25, 0.3) is 0 Å². The number of H-pyrrole nitrogens is 1. The van der Waals surface area contributed by atoms with Crippen LogP contribution in [-0.2, 0) is 11.8 Å². The fraction of sp³-hybridized carbons (Fsp3) is 0.429. The highest BCUT2D eigenvalue weighted by Crippen LogP contribution is 2.27. The van der Waals surface area contributed by atoms with Crippen molar-refractivity contribution < 1.29 is 4.74 Å². The number of rotatable bonds is 3. The van der Waals surface area contributed by atoms with Crippen LogP contribution in [-0.4, -0.2) is 32.3 Å². The van der Waals surface area contributed by atoms with Gasteiger partial charge in [-0.15, -0.1) is 0 Å². The second kappa shape index (κ2) is 5.87. The number of nitrogens with one attached hydrogen (secondary N) is 1. The van der Waals surface area contributed by atoms with E-state index < -0.39 is 0 Å². The minimum atomic E-state index is -0.0726. The van der Waals surface area contributed by atoms with Gasteiger partial charge in [0.15, 0.2) is 5.82 Å². The number of hydrogen-bond donors (Lipinski definition) is 1. The van der Waals surface area contributed by atoms with Gasteiger partial charge in [-0.05, 0) is 38.0 Å². The Morgan fingerprint density at radius 1 is 1.64 bits per heavy atom. The summed E-state index contributed by atoms with van der Waals surface area (Å²) in [6.07, 6.45) is 3.55. The van der Waals surface area contributed by atoms with Crippen LogP contribution in [0.1, 0.15) is 41.7 Å². The molecule has 1 saturated heterocycles. The smallest absolute Gasteiger partial charge is 0.216 e. The van der Waals surface area contributed by atoms with Crippen LogP contribution in [0, 0.1) is 23.0 Å². The van der Waals surface area contributed by atoms with Crippen LogP contribution >= 0.6 is 12.2 Å². The van der Waals surface area contributed by atoms with E-state index in [4.69, 9.17) is 22.2 Å². The predicted octanol–water partition coefficient (Wildman–Crippen LogP) is 2.19. The summed E-state index contributed by atoms with van der Waals surface area (Å²) in [5.41, 5.74) is 2.43. The number of ether oxygens (including phenoxy) is 1. The zero-order chi connectivity index (χ0) is 15.7. The van der Waals surface area contributed by atoms with Crippen molar-refractivity contribution in [3.63, 3.8) is 0 Å². The molecule has 0 unspecified atom stereocenters. The summed E-state index contributed by atoms with van der Waals surface area (Å²) in [5, 5.41) is 20.5. The van der Waals surface area contributed by atoms with Gasteiger partial charge < -0.3 is 9.30 Å². The van der Waals surface area contributed by atoms with Gasteiger partial charge in [0.25, 0.3) is 0 Å². The van der Waals surface area contributed by atoms with Gasteiger partial charge in [-0.2, -0.15) is 20.1 Å². The Kier molecular flexibility index (Phi) is 3.92. The lowest BCUT2D eigenvalue weighted by atomic mass is 10.2. The summed E-state index contributed by atoms with van der Waals surface area (Å²) >= 11 is 5.23. The summed E-state index contributed by atoms with van der Waals surface area (Å²) in [5.74, 6) is 0.688. The zero-order valence-electron chi connectivity index (χ0n) is 12.4. The molecule has 0 spiro atoms. The molecule has 7 nitrogen and oxygen atoms in total. The average molecular weight is 316 g/mol. The molecule has 0 bridgehead atoms. The summed E-state index contributed by atoms with van der Waals surface area (Å²) in [7, 11) is 1.85. The van der Waals surface area contributed by atoms with Crippen LogP contribution in [0.2, 0.25) is 0 Å². The predicted molar refractivity (Wildman–Crippen MR) is 83.2 cm³/mol. The van der Waals surface area contributed by atoms with Crippen molar-refractivity contribution in [2.45, 2.75) is 25.9 Å². The molecule has 1 fully saturated rings. The Bertz CT molecular complexity index is 815. The van der Waals surface area contributed by atoms with E-state index >= 15 is 0 Å². The van der Waals surface area contributed by atoms with Gasteiger partial charge in [-0.1, -0.05) is 0 Å². The molecule has 0 radical (unpaired) electrons. The van der Waals surface area contributed by atoms with E-state index in [0.717, 1.165) is 30.7 Å². The molecule has 1 aliphatic rings. The molecule has 0 saturated carbocycles. The van der Waals surface area contributed by atoms with Gasteiger partial charge in [-0.3, -0.25) is 5.10 Å². The number of nitrogens with zero attached hydrogens (tertiary/aromatic N) is 5.